The molecule has 4 nitrogen and oxygen atoms in total. The van der Waals surface area contributed by atoms with E-state index in [0.717, 1.165) is 15.9 Å². The molecular formula is C12H14N2O2S. The number of aromatic nitrogens is 1. The number of thioether (sulfide) groups is 1. The first kappa shape index (κ1) is 12.0. The van der Waals surface area contributed by atoms with Gasteiger partial charge in [-0.3, -0.25) is 4.79 Å². The highest BCUT2D eigenvalue weighted by Crippen LogP contribution is 2.25. The van der Waals surface area contributed by atoms with E-state index < -0.39 is 11.5 Å². The number of rotatable bonds is 4. The summed E-state index contributed by atoms with van der Waals surface area (Å²) < 4.78 is 0. The molecule has 0 saturated heterocycles. The Bertz CT molecular complexity index is 515. The molecule has 1 aromatic carbocycles. The summed E-state index contributed by atoms with van der Waals surface area (Å²) in [5.41, 5.74) is 5.51. The number of nitrogens with one attached hydrogen (secondary N) is 1. The maximum absolute atomic E-state index is 10.9. The van der Waals surface area contributed by atoms with Crippen LogP contribution in [0.3, 0.4) is 0 Å². The number of H-pyrrole nitrogens is 1. The van der Waals surface area contributed by atoms with Crippen molar-refractivity contribution in [2.75, 3.05) is 5.75 Å². The Labute approximate surface area is 103 Å². The number of para-hydroxylation sites is 1. The molecule has 2 rings (SSSR count). The molecule has 0 spiro atoms. The molecule has 1 atom stereocenters. The first-order chi connectivity index (χ1) is 7.99. The van der Waals surface area contributed by atoms with Crippen molar-refractivity contribution < 1.29 is 9.90 Å². The van der Waals surface area contributed by atoms with E-state index in [1.54, 1.807) is 0 Å². The third-order valence-corrected chi connectivity index (χ3v) is 3.80. The van der Waals surface area contributed by atoms with Crippen molar-refractivity contribution in [3.05, 3.63) is 30.3 Å². The van der Waals surface area contributed by atoms with E-state index in [4.69, 9.17) is 10.8 Å². The zero-order chi connectivity index (χ0) is 12.5. The largest absolute Gasteiger partial charge is 0.480 e. The van der Waals surface area contributed by atoms with Crippen LogP contribution in [0.15, 0.2) is 35.4 Å². The van der Waals surface area contributed by atoms with Gasteiger partial charge in [0.1, 0.15) is 5.54 Å². The predicted molar refractivity (Wildman–Crippen MR) is 69.3 cm³/mol. The van der Waals surface area contributed by atoms with Gasteiger partial charge < -0.3 is 15.8 Å². The molecule has 0 aliphatic rings. The summed E-state index contributed by atoms with van der Waals surface area (Å²) in [5, 5.41) is 11.0. The lowest BCUT2D eigenvalue weighted by Crippen LogP contribution is -2.47. The highest BCUT2D eigenvalue weighted by molar-refractivity contribution is 7.99. The summed E-state index contributed by atoms with van der Waals surface area (Å²) in [6.07, 6.45) is 0. The van der Waals surface area contributed by atoms with Crippen molar-refractivity contribution in [1.29, 1.82) is 0 Å². The zero-order valence-corrected chi connectivity index (χ0v) is 10.3. The van der Waals surface area contributed by atoms with Crippen LogP contribution in [0.4, 0.5) is 0 Å². The van der Waals surface area contributed by atoms with Gasteiger partial charge >= 0.3 is 5.97 Å². The van der Waals surface area contributed by atoms with Gasteiger partial charge in [0.15, 0.2) is 0 Å². The number of carbonyl (C=O) groups is 1. The predicted octanol–water partition coefficient (Wildman–Crippen LogP) is 2.06. The van der Waals surface area contributed by atoms with Crippen LogP contribution >= 0.6 is 11.8 Å². The normalized spacial score (nSPS) is 14.7. The van der Waals surface area contributed by atoms with Crippen molar-refractivity contribution in [2.45, 2.75) is 17.5 Å². The first-order valence-electron chi connectivity index (χ1n) is 5.22. The minimum atomic E-state index is -1.21. The van der Waals surface area contributed by atoms with Crippen LogP contribution in [-0.4, -0.2) is 27.4 Å². The van der Waals surface area contributed by atoms with Crippen molar-refractivity contribution in [1.82, 2.24) is 4.98 Å². The van der Waals surface area contributed by atoms with E-state index >= 15 is 0 Å². The number of hydrogen-bond acceptors (Lipinski definition) is 3. The van der Waals surface area contributed by atoms with Gasteiger partial charge in [0, 0.05) is 16.7 Å². The quantitative estimate of drug-likeness (QED) is 0.726. The standard InChI is InChI=1S/C12H14N2O2S/c1-12(13,11(15)16)7-17-10-6-8-4-2-3-5-9(8)14-10/h2-6,14H,7,13H2,1H3,(H,15,16). The minimum Gasteiger partial charge on any atom is -0.480 e. The minimum absolute atomic E-state index is 0.329. The van der Waals surface area contributed by atoms with E-state index in [1.165, 1.54) is 18.7 Å². The number of nitrogens with two attached hydrogens (primary N) is 1. The maximum atomic E-state index is 10.9. The Morgan fingerprint density at radius 2 is 2.24 bits per heavy atom. The Hall–Kier alpha value is -1.46. The third-order valence-electron chi connectivity index (χ3n) is 2.52. The molecule has 0 aliphatic carbocycles. The fourth-order valence-electron chi connectivity index (χ4n) is 1.41. The van der Waals surface area contributed by atoms with E-state index in [9.17, 15) is 4.79 Å². The summed E-state index contributed by atoms with van der Waals surface area (Å²) >= 11 is 1.42. The van der Waals surface area contributed by atoms with Crippen LogP contribution in [-0.2, 0) is 4.79 Å². The topological polar surface area (TPSA) is 79.1 Å². The average Bonchev–Trinajstić information content (AvgIpc) is 2.69. The van der Waals surface area contributed by atoms with Crippen molar-refractivity contribution >= 4 is 28.6 Å². The average molecular weight is 250 g/mol. The Morgan fingerprint density at radius 1 is 1.53 bits per heavy atom. The molecule has 1 heterocycles. The van der Waals surface area contributed by atoms with Crippen molar-refractivity contribution in [3.8, 4) is 0 Å². The monoisotopic (exact) mass is 250 g/mol. The van der Waals surface area contributed by atoms with Gasteiger partial charge in [0.05, 0.1) is 5.03 Å². The fourth-order valence-corrected chi connectivity index (χ4v) is 2.39. The second kappa shape index (κ2) is 4.43. The molecule has 0 bridgehead atoms. The second-order valence-electron chi connectivity index (χ2n) is 4.23. The van der Waals surface area contributed by atoms with Gasteiger partial charge in [0.2, 0.25) is 0 Å². The van der Waals surface area contributed by atoms with Gasteiger partial charge in [-0.2, -0.15) is 0 Å². The van der Waals surface area contributed by atoms with E-state index in [-0.39, 0.29) is 0 Å². The second-order valence-corrected chi connectivity index (χ2v) is 5.25. The summed E-state index contributed by atoms with van der Waals surface area (Å²) in [4.78, 5) is 14.1. The zero-order valence-electron chi connectivity index (χ0n) is 9.43. The molecule has 1 aromatic heterocycles. The van der Waals surface area contributed by atoms with Gasteiger partial charge in [0.25, 0.3) is 0 Å². The molecule has 2 aromatic rings. The fraction of sp³-hybridized carbons (Fsp3) is 0.250. The summed E-state index contributed by atoms with van der Waals surface area (Å²) in [5.74, 6) is -0.657. The SMILES string of the molecule is CC(N)(CSc1cc2ccccc2[nH]1)C(=O)O. The summed E-state index contributed by atoms with van der Waals surface area (Å²) in [7, 11) is 0. The molecule has 0 aliphatic heterocycles. The van der Waals surface area contributed by atoms with Crippen LogP contribution in [0, 0.1) is 0 Å². The molecule has 5 heteroatoms. The van der Waals surface area contributed by atoms with Crippen molar-refractivity contribution in [2.24, 2.45) is 5.73 Å². The molecule has 0 fully saturated rings. The molecule has 1 unspecified atom stereocenters. The van der Waals surface area contributed by atoms with Crippen molar-refractivity contribution in [3.63, 3.8) is 0 Å². The number of fused-ring (bicyclic) bond motifs is 1. The Balaban J connectivity index is 2.12. The molecule has 0 radical (unpaired) electrons. The highest BCUT2D eigenvalue weighted by Gasteiger charge is 2.28. The molecule has 0 amide bonds. The lowest BCUT2D eigenvalue weighted by molar-refractivity contribution is -0.141. The van der Waals surface area contributed by atoms with Crippen LogP contribution in [0.5, 0.6) is 0 Å². The van der Waals surface area contributed by atoms with Crippen LogP contribution in [0.25, 0.3) is 10.9 Å². The van der Waals surface area contributed by atoms with Crippen LogP contribution in [0.1, 0.15) is 6.92 Å². The summed E-state index contributed by atoms with van der Waals surface area (Å²) in [6.45, 7) is 1.52. The van der Waals surface area contributed by atoms with E-state index in [0.29, 0.717) is 5.75 Å². The van der Waals surface area contributed by atoms with Crippen LogP contribution < -0.4 is 5.73 Å². The number of aromatic amines is 1. The first-order valence-corrected chi connectivity index (χ1v) is 6.20. The smallest absolute Gasteiger partial charge is 0.324 e. The lowest BCUT2D eigenvalue weighted by atomic mass is 10.1. The Kier molecular flexibility index (Phi) is 3.13. The number of carboxylic acids is 1. The van der Waals surface area contributed by atoms with E-state index in [2.05, 4.69) is 4.98 Å². The number of aliphatic carboxylic acids is 1. The van der Waals surface area contributed by atoms with E-state index in [1.807, 2.05) is 30.3 Å². The maximum Gasteiger partial charge on any atom is 0.324 e. The molecule has 90 valence electrons. The van der Waals surface area contributed by atoms with Crippen LogP contribution in [0.2, 0.25) is 0 Å². The van der Waals surface area contributed by atoms with Gasteiger partial charge in [-0.1, -0.05) is 18.2 Å². The van der Waals surface area contributed by atoms with Gasteiger partial charge in [-0.25, -0.2) is 0 Å². The Morgan fingerprint density at radius 3 is 2.88 bits per heavy atom. The number of benzene rings is 1. The lowest BCUT2D eigenvalue weighted by Gasteiger charge is -2.17. The molecular weight excluding hydrogens is 236 g/mol. The highest BCUT2D eigenvalue weighted by atomic mass is 32.2. The molecule has 4 N–H and O–H groups in total. The molecule has 17 heavy (non-hydrogen) atoms. The van der Waals surface area contributed by atoms with Gasteiger partial charge in [-0.05, 0) is 19.1 Å². The summed E-state index contributed by atoms with van der Waals surface area (Å²) in [6, 6.07) is 9.91. The number of hydrogen-bond donors (Lipinski definition) is 3. The third kappa shape index (κ3) is 2.62. The molecule has 0 saturated carbocycles. The number of carboxylic acid groups (broad SMARTS) is 1. The van der Waals surface area contributed by atoms with Gasteiger partial charge in [-0.15, -0.1) is 11.8 Å².